The number of alkyl halides is 6. The molecule has 0 fully saturated rings. The molecule has 0 aliphatic heterocycles. The fraction of sp³-hybridized carbons (Fsp3) is 0.263. The molecule has 0 amide bonds. The molecule has 0 bridgehead atoms. The van der Waals surface area contributed by atoms with E-state index in [1.807, 2.05) is 0 Å². The van der Waals surface area contributed by atoms with Crippen molar-refractivity contribution in [2.45, 2.75) is 29.8 Å². The zero-order chi connectivity index (χ0) is 22.3. The smallest absolute Gasteiger partial charge is 0.346 e. The first-order chi connectivity index (χ1) is 13.8. The van der Waals surface area contributed by atoms with Gasteiger partial charge in [0.25, 0.3) is 0 Å². The van der Waals surface area contributed by atoms with E-state index >= 15 is 0 Å². The minimum atomic E-state index is -5.34. The molecule has 0 saturated heterocycles. The third-order valence-corrected chi connectivity index (χ3v) is 5.10. The highest BCUT2D eigenvalue weighted by molar-refractivity contribution is 6.07. The Morgan fingerprint density at radius 3 is 2.37 bits per heavy atom. The van der Waals surface area contributed by atoms with Crippen molar-refractivity contribution in [2.75, 3.05) is 0 Å². The minimum Gasteiger partial charge on any atom is -0.456 e. The zero-order valence-corrected chi connectivity index (χ0v) is 14.5. The van der Waals surface area contributed by atoms with E-state index in [9.17, 15) is 40.6 Å². The predicted octanol–water partition coefficient (Wildman–Crippen LogP) is 4.64. The molecule has 2 aromatic rings. The average molecular weight is 431 g/mol. The first-order valence-corrected chi connectivity index (χ1v) is 8.23. The summed E-state index contributed by atoms with van der Waals surface area (Å²) in [6, 6.07) is 5.02. The molecule has 1 unspecified atom stereocenters. The monoisotopic (exact) mass is 431 g/mol. The van der Waals surface area contributed by atoms with Crippen LogP contribution in [0.15, 0.2) is 30.3 Å². The molecule has 156 valence electrons. The lowest BCUT2D eigenvalue weighted by molar-refractivity contribution is -0.297. The summed E-state index contributed by atoms with van der Waals surface area (Å²) in [7, 11) is 0. The van der Waals surface area contributed by atoms with Crippen molar-refractivity contribution in [1.82, 2.24) is 0 Å². The predicted molar refractivity (Wildman–Crippen MR) is 84.3 cm³/mol. The van der Waals surface area contributed by atoms with Crippen molar-refractivity contribution >= 4 is 5.78 Å². The third kappa shape index (κ3) is 2.34. The number of benzene rings is 2. The number of rotatable bonds is 2. The molecule has 2 aliphatic carbocycles. The maximum Gasteiger partial charge on any atom is 0.346 e. The van der Waals surface area contributed by atoms with Gasteiger partial charge in [-0.05, 0) is 24.3 Å². The van der Waals surface area contributed by atoms with Crippen LogP contribution in [0, 0.1) is 17.1 Å². The molecule has 2 aliphatic rings. The molecule has 11 heteroatoms. The molecule has 1 atom stereocenters. The van der Waals surface area contributed by atoms with Gasteiger partial charge >= 0.3 is 17.8 Å². The largest absolute Gasteiger partial charge is 0.456 e. The van der Waals surface area contributed by atoms with Crippen LogP contribution in [0.4, 0.5) is 30.7 Å². The van der Waals surface area contributed by atoms with Gasteiger partial charge in [-0.1, -0.05) is 0 Å². The van der Waals surface area contributed by atoms with Gasteiger partial charge in [-0.3, -0.25) is 4.79 Å². The summed E-state index contributed by atoms with van der Waals surface area (Å²) < 4.78 is 105. The van der Waals surface area contributed by atoms with Crippen LogP contribution < -0.4 is 4.74 Å². The van der Waals surface area contributed by atoms with Gasteiger partial charge in [-0.25, -0.2) is 4.39 Å². The van der Waals surface area contributed by atoms with Gasteiger partial charge < -0.3 is 9.84 Å². The Balaban J connectivity index is 1.99. The normalized spacial score (nSPS) is 24.8. The molecular formula is C19H8F7NO3. The van der Waals surface area contributed by atoms with E-state index in [1.165, 1.54) is 0 Å². The van der Waals surface area contributed by atoms with Gasteiger partial charge in [-0.15, -0.1) is 0 Å². The second kappa shape index (κ2) is 5.72. The number of hydrogen-bond donors (Lipinski definition) is 1. The number of halogens is 7. The summed E-state index contributed by atoms with van der Waals surface area (Å²) in [5.74, 6) is -19.4. The second-order valence-corrected chi connectivity index (χ2v) is 6.97. The molecule has 30 heavy (non-hydrogen) atoms. The Labute approximate surface area is 163 Å². The van der Waals surface area contributed by atoms with Crippen LogP contribution >= 0.6 is 0 Å². The van der Waals surface area contributed by atoms with E-state index in [0.717, 1.165) is 12.1 Å². The van der Waals surface area contributed by atoms with Gasteiger partial charge in [0.2, 0.25) is 5.78 Å². The van der Waals surface area contributed by atoms with Gasteiger partial charge in [0.05, 0.1) is 23.6 Å². The van der Waals surface area contributed by atoms with Crippen molar-refractivity contribution in [2.24, 2.45) is 0 Å². The molecule has 0 aromatic heterocycles. The van der Waals surface area contributed by atoms with Crippen LogP contribution in [-0.4, -0.2) is 22.7 Å². The molecule has 2 aromatic carbocycles. The molecule has 0 spiro atoms. The van der Waals surface area contributed by atoms with Crippen molar-refractivity contribution in [3.8, 4) is 17.6 Å². The van der Waals surface area contributed by atoms with E-state index in [-0.39, 0.29) is 5.56 Å². The first-order valence-electron chi connectivity index (χ1n) is 8.23. The van der Waals surface area contributed by atoms with Crippen molar-refractivity contribution in [3.63, 3.8) is 0 Å². The summed E-state index contributed by atoms with van der Waals surface area (Å²) in [6.45, 7) is 0. The number of Topliss-reactive ketones (excluding diaryl/α,β-unsaturated/α-hetero) is 1. The van der Waals surface area contributed by atoms with E-state index in [2.05, 4.69) is 0 Å². The van der Waals surface area contributed by atoms with Crippen molar-refractivity contribution in [3.05, 3.63) is 58.4 Å². The second-order valence-electron chi connectivity index (χ2n) is 6.97. The molecule has 1 N–H and O–H groups in total. The lowest BCUT2D eigenvalue weighted by Gasteiger charge is -2.38. The number of carbonyl (C=O) groups excluding carboxylic acids is 1. The third-order valence-electron chi connectivity index (χ3n) is 5.10. The Hall–Kier alpha value is -3.13. The molecule has 0 saturated carbocycles. The zero-order valence-electron chi connectivity index (χ0n) is 14.5. The highest BCUT2D eigenvalue weighted by atomic mass is 19.3. The summed E-state index contributed by atoms with van der Waals surface area (Å²) in [6.07, 6.45) is -2.25. The number of aliphatic hydroxyl groups is 1. The fourth-order valence-corrected chi connectivity index (χ4v) is 3.77. The van der Waals surface area contributed by atoms with Crippen LogP contribution in [-0.2, 0) is 11.5 Å². The highest BCUT2D eigenvalue weighted by Crippen LogP contribution is 2.66. The minimum absolute atomic E-state index is 0.258. The Bertz CT molecular complexity index is 1160. The van der Waals surface area contributed by atoms with E-state index in [1.54, 1.807) is 6.07 Å². The summed E-state index contributed by atoms with van der Waals surface area (Å²) in [5.41, 5.74) is -8.50. The van der Waals surface area contributed by atoms with Crippen LogP contribution in [0.2, 0.25) is 0 Å². The van der Waals surface area contributed by atoms with Crippen LogP contribution in [0.25, 0.3) is 0 Å². The number of ether oxygens (including phenoxy) is 1. The Kier molecular flexibility index (Phi) is 3.85. The van der Waals surface area contributed by atoms with E-state index in [0.29, 0.717) is 18.2 Å². The quantitative estimate of drug-likeness (QED) is 0.704. The highest BCUT2D eigenvalue weighted by Gasteiger charge is 2.80. The molecular weight excluding hydrogens is 423 g/mol. The van der Waals surface area contributed by atoms with Crippen molar-refractivity contribution < 1.29 is 45.4 Å². The average Bonchev–Trinajstić information content (AvgIpc) is 2.75. The van der Waals surface area contributed by atoms with Crippen LogP contribution in [0.3, 0.4) is 0 Å². The molecule has 0 radical (unpaired) electrons. The number of ketones is 1. The van der Waals surface area contributed by atoms with Crippen LogP contribution in [0.5, 0.6) is 11.5 Å². The maximum atomic E-state index is 14.4. The standard InChI is InChI=1S/C19H8F7NO3/c20-9-3-8(6-27)4-10(5-9)30-12-2-1-11-14-13(12)15(28)17(21,22)7-16(14,29)19(25,26)18(11,23)24/h1-5,29H,7H2. The van der Waals surface area contributed by atoms with Crippen LogP contribution in [0.1, 0.15) is 33.5 Å². The van der Waals surface area contributed by atoms with Gasteiger partial charge in [0.15, 0.2) is 5.60 Å². The number of nitrogens with zero attached hydrogens (tertiary/aromatic N) is 1. The Morgan fingerprint density at radius 2 is 1.73 bits per heavy atom. The first kappa shape index (κ1) is 20.2. The summed E-state index contributed by atoms with van der Waals surface area (Å²) in [5, 5.41) is 19.2. The maximum absolute atomic E-state index is 14.4. The van der Waals surface area contributed by atoms with Gasteiger partial charge in [0.1, 0.15) is 17.3 Å². The molecule has 4 rings (SSSR count). The number of hydrogen-bond acceptors (Lipinski definition) is 4. The Morgan fingerprint density at radius 1 is 1.07 bits per heavy atom. The topological polar surface area (TPSA) is 70.3 Å². The molecule has 4 nitrogen and oxygen atoms in total. The number of nitriles is 1. The van der Waals surface area contributed by atoms with E-state index < -0.39 is 69.6 Å². The van der Waals surface area contributed by atoms with Gasteiger partial charge in [-0.2, -0.15) is 31.6 Å². The lowest BCUT2D eigenvalue weighted by atomic mass is 9.76. The van der Waals surface area contributed by atoms with Crippen molar-refractivity contribution in [1.29, 1.82) is 5.26 Å². The molecule has 0 heterocycles. The van der Waals surface area contributed by atoms with Gasteiger partial charge in [0, 0.05) is 17.2 Å². The fourth-order valence-electron chi connectivity index (χ4n) is 3.77. The lowest BCUT2D eigenvalue weighted by Crippen LogP contribution is -2.55. The summed E-state index contributed by atoms with van der Waals surface area (Å²) >= 11 is 0. The van der Waals surface area contributed by atoms with E-state index in [4.69, 9.17) is 10.00 Å². The summed E-state index contributed by atoms with van der Waals surface area (Å²) in [4.78, 5) is 12.3. The SMILES string of the molecule is N#Cc1cc(F)cc(Oc2ccc3c4c2C(=O)C(F)(F)CC4(O)C(F)(F)C3(F)F)c1. The number of carbonyl (C=O) groups is 1.